The van der Waals surface area contributed by atoms with Crippen molar-refractivity contribution in [3.05, 3.63) is 94.8 Å². The third kappa shape index (κ3) is 4.49. The van der Waals surface area contributed by atoms with Gasteiger partial charge < -0.3 is 9.72 Å². The van der Waals surface area contributed by atoms with Crippen LogP contribution in [0.25, 0.3) is 16.9 Å². The molecular formula is C24H22ClN3O. The van der Waals surface area contributed by atoms with Crippen LogP contribution in [0.5, 0.6) is 0 Å². The van der Waals surface area contributed by atoms with Crippen LogP contribution in [0.1, 0.15) is 23.2 Å². The second-order valence-electron chi connectivity index (χ2n) is 7.11. The van der Waals surface area contributed by atoms with E-state index in [1.54, 1.807) is 0 Å². The predicted molar refractivity (Wildman–Crippen MR) is 117 cm³/mol. The van der Waals surface area contributed by atoms with Crippen LogP contribution in [0.2, 0.25) is 5.02 Å². The van der Waals surface area contributed by atoms with Gasteiger partial charge in [0.25, 0.3) is 0 Å². The summed E-state index contributed by atoms with van der Waals surface area (Å²) in [5.41, 5.74) is 6.07. The third-order valence-corrected chi connectivity index (χ3v) is 5.16. The number of fused-ring (bicyclic) bond motifs is 1. The number of pyridine rings is 1. The van der Waals surface area contributed by atoms with Crippen molar-refractivity contribution in [2.24, 2.45) is 0 Å². The number of nitrogens with one attached hydrogen (secondary N) is 1. The molecule has 4 nitrogen and oxygen atoms in total. The lowest BCUT2D eigenvalue weighted by Crippen LogP contribution is -2.23. The molecule has 0 bridgehead atoms. The number of aryl methyl sites for hydroxylation is 2. The van der Waals surface area contributed by atoms with E-state index >= 15 is 0 Å². The fourth-order valence-corrected chi connectivity index (χ4v) is 3.59. The highest BCUT2D eigenvalue weighted by Gasteiger charge is 2.15. The van der Waals surface area contributed by atoms with Gasteiger partial charge in [0.15, 0.2) is 0 Å². The zero-order chi connectivity index (χ0) is 20.2. The molecule has 146 valence electrons. The number of halogens is 1. The second-order valence-corrected chi connectivity index (χ2v) is 7.55. The number of rotatable bonds is 6. The highest BCUT2D eigenvalue weighted by Crippen LogP contribution is 2.26. The van der Waals surface area contributed by atoms with Crippen LogP contribution in [0.3, 0.4) is 0 Å². The number of carbonyl (C=O) groups excluding carboxylic acids is 1. The van der Waals surface area contributed by atoms with Gasteiger partial charge in [0, 0.05) is 29.7 Å². The first-order chi connectivity index (χ1) is 14.1. The summed E-state index contributed by atoms with van der Waals surface area (Å²) in [5, 5.41) is 3.71. The summed E-state index contributed by atoms with van der Waals surface area (Å²) < 4.78 is 2.05. The summed E-state index contributed by atoms with van der Waals surface area (Å²) in [6, 6.07) is 21.7. The standard InChI is InChI=1S/C24H22ClN3O/c1-17-5-4-6-18(15-17)16-26-23(29)13-12-21-24(19-8-10-20(25)11-9-19)27-22-7-2-3-14-28(21)22/h2-11,14-15H,12-13,16H2,1H3,(H,26,29). The van der Waals surface area contributed by atoms with Crippen LogP contribution >= 0.6 is 11.6 Å². The van der Waals surface area contributed by atoms with Crippen molar-refractivity contribution in [2.45, 2.75) is 26.3 Å². The molecule has 5 heteroatoms. The van der Waals surface area contributed by atoms with Crippen molar-refractivity contribution in [1.29, 1.82) is 0 Å². The van der Waals surface area contributed by atoms with Gasteiger partial charge >= 0.3 is 0 Å². The molecule has 2 heterocycles. The van der Waals surface area contributed by atoms with Crippen LogP contribution in [-0.4, -0.2) is 15.3 Å². The number of aromatic nitrogens is 2. The highest BCUT2D eigenvalue weighted by atomic mass is 35.5. The number of nitrogens with zero attached hydrogens (tertiary/aromatic N) is 2. The monoisotopic (exact) mass is 403 g/mol. The molecule has 2 aromatic heterocycles. The SMILES string of the molecule is Cc1cccc(CNC(=O)CCc2c(-c3ccc(Cl)cc3)nc3ccccn23)c1. The maximum Gasteiger partial charge on any atom is 0.220 e. The Bertz CT molecular complexity index is 1150. The van der Waals surface area contributed by atoms with Crippen LogP contribution in [-0.2, 0) is 17.8 Å². The van der Waals surface area contributed by atoms with Crippen molar-refractivity contribution in [2.75, 3.05) is 0 Å². The Balaban J connectivity index is 1.51. The first-order valence-electron chi connectivity index (χ1n) is 9.64. The quantitative estimate of drug-likeness (QED) is 0.480. The Morgan fingerprint density at radius 3 is 2.69 bits per heavy atom. The molecule has 1 amide bonds. The number of carbonyl (C=O) groups is 1. The van der Waals surface area contributed by atoms with Gasteiger partial charge in [0.1, 0.15) is 5.65 Å². The van der Waals surface area contributed by atoms with Gasteiger partial charge in [0.2, 0.25) is 5.91 Å². The second kappa shape index (κ2) is 8.50. The van der Waals surface area contributed by atoms with Gasteiger partial charge in [-0.3, -0.25) is 4.79 Å². The molecule has 0 spiro atoms. The third-order valence-electron chi connectivity index (χ3n) is 4.91. The normalized spacial score (nSPS) is 11.0. The molecule has 0 radical (unpaired) electrons. The zero-order valence-electron chi connectivity index (χ0n) is 16.2. The zero-order valence-corrected chi connectivity index (χ0v) is 17.0. The van der Waals surface area contributed by atoms with E-state index in [1.807, 2.05) is 73.8 Å². The fourth-order valence-electron chi connectivity index (χ4n) is 3.47. The predicted octanol–water partition coefficient (Wildman–Crippen LogP) is 5.21. The molecule has 1 N–H and O–H groups in total. The van der Waals surface area contributed by atoms with E-state index in [4.69, 9.17) is 16.6 Å². The lowest BCUT2D eigenvalue weighted by molar-refractivity contribution is -0.121. The minimum absolute atomic E-state index is 0.0273. The molecule has 29 heavy (non-hydrogen) atoms. The lowest BCUT2D eigenvalue weighted by Gasteiger charge is -2.08. The van der Waals surface area contributed by atoms with Gasteiger partial charge in [-0.15, -0.1) is 0 Å². The Hall–Kier alpha value is -3.11. The number of hydrogen-bond donors (Lipinski definition) is 1. The van der Waals surface area contributed by atoms with Crippen LogP contribution in [0.4, 0.5) is 0 Å². The maximum absolute atomic E-state index is 12.5. The summed E-state index contributed by atoms with van der Waals surface area (Å²) in [6.07, 6.45) is 2.99. The summed E-state index contributed by atoms with van der Waals surface area (Å²) in [4.78, 5) is 17.2. The average Bonchev–Trinajstić information content (AvgIpc) is 3.10. The minimum atomic E-state index is 0.0273. The van der Waals surface area contributed by atoms with Gasteiger partial charge in [-0.2, -0.15) is 0 Å². The molecule has 0 atom stereocenters. The van der Waals surface area contributed by atoms with Gasteiger partial charge in [-0.05, 0) is 43.2 Å². The first kappa shape index (κ1) is 19.2. The molecule has 0 saturated heterocycles. The summed E-state index contributed by atoms with van der Waals surface area (Å²) >= 11 is 6.04. The number of amides is 1. The number of imidazole rings is 1. The van der Waals surface area contributed by atoms with E-state index in [-0.39, 0.29) is 5.91 Å². The molecular weight excluding hydrogens is 382 g/mol. The molecule has 0 fully saturated rings. The van der Waals surface area contributed by atoms with E-state index in [9.17, 15) is 4.79 Å². The number of benzene rings is 2. The largest absolute Gasteiger partial charge is 0.352 e. The Morgan fingerprint density at radius 1 is 1.07 bits per heavy atom. The van der Waals surface area contributed by atoms with E-state index in [0.29, 0.717) is 24.4 Å². The Morgan fingerprint density at radius 2 is 1.90 bits per heavy atom. The minimum Gasteiger partial charge on any atom is -0.352 e. The van der Waals surface area contributed by atoms with E-state index in [2.05, 4.69) is 15.8 Å². The van der Waals surface area contributed by atoms with Crippen molar-refractivity contribution in [3.63, 3.8) is 0 Å². The van der Waals surface area contributed by atoms with Crippen LogP contribution in [0, 0.1) is 6.92 Å². The number of hydrogen-bond acceptors (Lipinski definition) is 2. The summed E-state index contributed by atoms with van der Waals surface area (Å²) in [6.45, 7) is 2.59. The lowest BCUT2D eigenvalue weighted by atomic mass is 10.1. The van der Waals surface area contributed by atoms with Crippen LogP contribution < -0.4 is 5.32 Å². The molecule has 0 saturated carbocycles. The maximum atomic E-state index is 12.5. The average molecular weight is 404 g/mol. The van der Waals surface area contributed by atoms with Gasteiger partial charge in [-0.25, -0.2) is 4.98 Å². The molecule has 0 aliphatic rings. The Labute approximate surface area is 175 Å². The highest BCUT2D eigenvalue weighted by molar-refractivity contribution is 6.30. The summed E-state index contributed by atoms with van der Waals surface area (Å²) in [7, 11) is 0. The van der Waals surface area contributed by atoms with Gasteiger partial charge in [-0.1, -0.05) is 59.6 Å². The van der Waals surface area contributed by atoms with Crippen LogP contribution in [0.15, 0.2) is 72.9 Å². The van der Waals surface area contributed by atoms with Crippen molar-refractivity contribution in [1.82, 2.24) is 14.7 Å². The molecule has 2 aromatic carbocycles. The smallest absolute Gasteiger partial charge is 0.220 e. The first-order valence-corrected chi connectivity index (χ1v) is 10.0. The van der Waals surface area contributed by atoms with Crippen molar-refractivity contribution in [3.8, 4) is 11.3 Å². The molecule has 4 rings (SSSR count). The van der Waals surface area contributed by atoms with E-state index in [1.165, 1.54) is 5.56 Å². The Kier molecular flexibility index (Phi) is 5.63. The van der Waals surface area contributed by atoms with Gasteiger partial charge in [0.05, 0.1) is 11.4 Å². The molecule has 0 aliphatic carbocycles. The van der Waals surface area contributed by atoms with Crippen molar-refractivity contribution >= 4 is 23.2 Å². The van der Waals surface area contributed by atoms with E-state index in [0.717, 1.165) is 28.2 Å². The molecule has 0 unspecified atom stereocenters. The van der Waals surface area contributed by atoms with E-state index < -0.39 is 0 Å². The molecule has 0 aliphatic heterocycles. The summed E-state index contributed by atoms with van der Waals surface area (Å²) in [5.74, 6) is 0.0273. The molecule has 4 aromatic rings. The van der Waals surface area contributed by atoms with Crippen molar-refractivity contribution < 1.29 is 4.79 Å². The fraction of sp³-hybridized carbons (Fsp3) is 0.167. The topological polar surface area (TPSA) is 46.4 Å².